The highest BCUT2D eigenvalue weighted by Crippen LogP contribution is 2.23. The molecule has 1 unspecified atom stereocenters. The van der Waals surface area contributed by atoms with Crippen LogP contribution in [0.4, 0.5) is 11.8 Å². The van der Waals surface area contributed by atoms with Crippen LogP contribution in [0.3, 0.4) is 0 Å². The summed E-state index contributed by atoms with van der Waals surface area (Å²) >= 11 is 0. The number of carbonyl (C=O) groups excluding carboxylic acids is 1. The third-order valence-electron chi connectivity index (χ3n) is 4.77. The number of hydrogen-bond donors (Lipinski definition) is 3. The smallest absolute Gasteiger partial charge is 0.246 e. The van der Waals surface area contributed by atoms with E-state index in [1.807, 2.05) is 17.9 Å². The lowest BCUT2D eigenvalue weighted by Crippen LogP contribution is -2.52. The fourth-order valence-electron chi connectivity index (χ4n) is 3.50. The number of rotatable bonds is 2. The van der Waals surface area contributed by atoms with Crippen LogP contribution in [0, 0.1) is 6.92 Å². The van der Waals surface area contributed by atoms with Crippen molar-refractivity contribution in [2.24, 2.45) is 0 Å². The van der Waals surface area contributed by atoms with Crippen LogP contribution < -0.4 is 16.0 Å². The fraction of sp³-hybridized carbons (Fsp3) is 0.500. The third-order valence-corrected chi connectivity index (χ3v) is 4.77. The van der Waals surface area contributed by atoms with Gasteiger partial charge in [0.2, 0.25) is 11.9 Å². The number of hydrogen-bond acceptors (Lipinski definition) is 7. The number of aromatic nitrogens is 4. The Morgan fingerprint density at radius 1 is 1.22 bits per heavy atom. The number of imidazole rings is 1. The lowest BCUT2D eigenvalue weighted by atomic mass is 10.0. The van der Waals surface area contributed by atoms with Crippen molar-refractivity contribution in [3.63, 3.8) is 0 Å². The van der Waals surface area contributed by atoms with Gasteiger partial charge < -0.3 is 25.8 Å². The van der Waals surface area contributed by atoms with Gasteiger partial charge in [0, 0.05) is 56.6 Å². The number of anilines is 2. The molecule has 0 radical (unpaired) electrons. The molecule has 1 amide bonds. The number of piperazine rings is 1. The van der Waals surface area contributed by atoms with Gasteiger partial charge in [0.1, 0.15) is 11.9 Å². The average Bonchev–Trinajstić information content (AvgIpc) is 3.09. The highest BCUT2D eigenvalue weighted by molar-refractivity contribution is 5.85. The largest absolute Gasteiger partial charge is 0.368 e. The summed E-state index contributed by atoms with van der Waals surface area (Å²) in [5.74, 6) is 1.19. The zero-order valence-electron chi connectivity index (χ0n) is 15.0. The predicted molar refractivity (Wildman–Crippen MR) is 108 cm³/mol. The van der Waals surface area contributed by atoms with E-state index in [0.717, 1.165) is 49.0 Å². The van der Waals surface area contributed by atoms with Crippen molar-refractivity contribution in [2.75, 3.05) is 43.4 Å². The number of aryl methyl sites for hydroxylation is 1. The minimum atomic E-state index is -0.349. The van der Waals surface area contributed by atoms with Crippen molar-refractivity contribution in [1.29, 1.82) is 0 Å². The van der Waals surface area contributed by atoms with E-state index in [-0.39, 0.29) is 42.7 Å². The van der Waals surface area contributed by atoms with Crippen molar-refractivity contribution < 1.29 is 4.79 Å². The van der Waals surface area contributed by atoms with Crippen LogP contribution in [-0.2, 0) is 11.2 Å². The number of nitrogens with two attached hydrogens (primary N) is 1. The molecule has 148 valence electrons. The molecule has 4 heterocycles. The van der Waals surface area contributed by atoms with Gasteiger partial charge in [0.15, 0.2) is 0 Å². The lowest BCUT2D eigenvalue weighted by molar-refractivity contribution is -0.134. The first-order chi connectivity index (χ1) is 12.1. The summed E-state index contributed by atoms with van der Waals surface area (Å²) in [6.07, 6.45) is 2.54. The lowest BCUT2D eigenvalue weighted by Gasteiger charge is -2.37. The Hall–Kier alpha value is -2.10. The topological polar surface area (TPSA) is 116 Å². The molecule has 11 heteroatoms. The van der Waals surface area contributed by atoms with Gasteiger partial charge in [0.25, 0.3) is 0 Å². The van der Waals surface area contributed by atoms with Crippen LogP contribution in [0.5, 0.6) is 0 Å². The summed E-state index contributed by atoms with van der Waals surface area (Å²) in [6.45, 7) is 5.44. The fourth-order valence-corrected chi connectivity index (χ4v) is 3.50. The zero-order chi connectivity index (χ0) is 17.4. The molecular weight excluding hydrogens is 391 g/mol. The van der Waals surface area contributed by atoms with E-state index in [1.54, 1.807) is 6.33 Å². The maximum absolute atomic E-state index is 12.9. The summed E-state index contributed by atoms with van der Waals surface area (Å²) in [5, 5.41) is 3.29. The van der Waals surface area contributed by atoms with Gasteiger partial charge in [-0.15, -0.1) is 24.8 Å². The van der Waals surface area contributed by atoms with E-state index in [9.17, 15) is 4.79 Å². The maximum Gasteiger partial charge on any atom is 0.246 e. The number of nitrogens with zero attached hydrogens (tertiary/aromatic N) is 5. The summed E-state index contributed by atoms with van der Waals surface area (Å²) in [7, 11) is 0. The molecule has 0 aromatic carbocycles. The van der Waals surface area contributed by atoms with E-state index in [1.165, 1.54) is 0 Å². The predicted octanol–water partition coefficient (Wildman–Crippen LogP) is 0.470. The summed E-state index contributed by atoms with van der Waals surface area (Å²) in [4.78, 5) is 32.8. The summed E-state index contributed by atoms with van der Waals surface area (Å²) in [5.41, 5.74) is 8.48. The molecule has 0 bridgehead atoms. The number of fused-ring (bicyclic) bond motifs is 1. The molecule has 2 aliphatic rings. The quantitative estimate of drug-likeness (QED) is 0.653. The third kappa shape index (κ3) is 4.26. The highest BCUT2D eigenvalue weighted by Gasteiger charge is 2.33. The Balaban J connectivity index is 0.00000131. The van der Waals surface area contributed by atoms with Crippen LogP contribution in [0.1, 0.15) is 23.1 Å². The number of amides is 1. The highest BCUT2D eigenvalue weighted by atomic mass is 35.5. The van der Waals surface area contributed by atoms with Gasteiger partial charge in [-0.2, -0.15) is 4.98 Å². The number of nitrogens with one attached hydrogen (secondary N) is 2. The van der Waals surface area contributed by atoms with E-state index in [2.05, 4.69) is 30.2 Å². The van der Waals surface area contributed by atoms with Crippen molar-refractivity contribution in [2.45, 2.75) is 19.4 Å². The molecule has 4 N–H and O–H groups in total. The first kappa shape index (κ1) is 21.2. The number of H-pyrrole nitrogens is 1. The molecule has 9 nitrogen and oxygen atoms in total. The first-order valence-corrected chi connectivity index (χ1v) is 8.52. The minimum absolute atomic E-state index is 0. The van der Waals surface area contributed by atoms with Gasteiger partial charge in [-0.1, -0.05) is 0 Å². The van der Waals surface area contributed by atoms with Gasteiger partial charge in [-0.25, -0.2) is 9.97 Å². The number of halogens is 2. The van der Waals surface area contributed by atoms with Crippen LogP contribution in [-0.4, -0.2) is 63.5 Å². The van der Waals surface area contributed by atoms with Gasteiger partial charge in [-0.05, 0) is 6.92 Å². The van der Waals surface area contributed by atoms with Crippen molar-refractivity contribution in [3.8, 4) is 0 Å². The molecule has 2 aromatic heterocycles. The Labute approximate surface area is 170 Å². The zero-order valence-corrected chi connectivity index (χ0v) is 16.6. The molecule has 0 saturated carbocycles. The van der Waals surface area contributed by atoms with Crippen molar-refractivity contribution in [1.82, 2.24) is 30.2 Å². The van der Waals surface area contributed by atoms with Gasteiger partial charge in [-0.3, -0.25) is 4.79 Å². The second-order valence-electron chi connectivity index (χ2n) is 6.44. The molecular formula is C16H24Cl2N8O. The molecule has 4 rings (SSSR count). The Morgan fingerprint density at radius 3 is 2.67 bits per heavy atom. The second kappa shape index (κ2) is 8.73. The molecule has 1 saturated heterocycles. The molecule has 2 aromatic rings. The van der Waals surface area contributed by atoms with Crippen LogP contribution in [0.15, 0.2) is 12.4 Å². The Morgan fingerprint density at radius 2 is 1.96 bits per heavy atom. The molecule has 2 aliphatic heterocycles. The molecule has 0 spiro atoms. The average molecular weight is 415 g/mol. The standard InChI is InChI=1S/C16H22N8O.2ClH/c1-10-8-12(22-16(17)21-10)23-4-6-24(7-5-23)15(25)14-13-11(2-3-18-14)19-9-20-13;;/h8-9,14,18H,2-7H2,1H3,(H,19,20)(H2,17,21,22);2*1H. The van der Waals surface area contributed by atoms with Crippen LogP contribution in [0.25, 0.3) is 0 Å². The monoisotopic (exact) mass is 414 g/mol. The number of carbonyl (C=O) groups is 1. The normalized spacial score (nSPS) is 18.9. The van der Waals surface area contributed by atoms with E-state index in [4.69, 9.17) is 5.73 Å². The second-order valence-corrected chi connectivity index (χ2v) is 6.44. The van der Waals surface area contributed by atoms with Gasteiger partial charge >= 0.3 is 0 Å². The van der Waals surface area contributed by atoms with E-state index < -0.39 is 0 Å². The Kier molecular flexibility index (Phi) is 6.85. The first-order valence-electron chi connectivity index (χ1n) is 8.52. The summed E-state index contributed by atoms with van der Waals surface area (Å²) < 4.78 is 0. The van der Waals surface area contributed by atoms with Gasteiger partial charge in [0.05, 0.1) is 12.0 Å². The van der Waals surface area contributed by atoms with Crippen LogP contribution in [0.2, 0.25) is 0 Å². The summed E-state index contributed by atoms with van der Waals surface area (Å²) in [6, 6.07) is 1.57. The molecule has 1 atom stereocenters. The van der Waals surface area contributed by atoms with Crippen molar-refractivity contribution in [3.05, 3.63) is 29.5 Å². The number of nitrogen functional groups attached to an aromatic ring is 1. The number of aromatic amines is 1. The Bertz CT molecular complexity index is 770. The van der Waals surface area contributed by atoms with Crippen LogP contribution >= 0.6 is 24.8 Å². The molecule has 1 fully saturated rings. The van der Waals surface area contributed by atoms with E-state index in [0.29, 0.717) is 13.1 Å². The van der Waals surface area contributed by atoms with Crippen molar-refractivity contribution >= 4 is 42.5 Å². The maximum atomic E-state index is 12.9. The molecule has 0 aliphatic carbocycles. The SMILES string of the molecule is Cc1cc(N2CCN(C(=O)C3NCCc4[nH]cnc43)CC2)nc(N)n1.Cl.Cl. The van der Waals surface area contributed by atoms with E-state index >= 15 is 0 Å². The minimum Gasteiger partial charge on any atom is -0.368 e. The molecule has 27 heavy (non-hydrogen) atoms.